The zero-order chi connectivity index (χ0) is 33.6. The molecule has 3 saturated heterocycles. The molecule has 254 valence electrons. The molecule has 0 bridgehead atoms. The van der Waals surface area contributed by atoms with E-state index in [9.17, 15) is 13.6 Å². The molecule has 13 heteroatoms. The zero-order valence-corrected chi connectivity index (χ0v) is 27.2. The fourth-order valence-corrected chi connectivity index (χ4v) is 6.79. The minimum atomic E-state index is -0.654. The number of carbonyl (C=O) groups excluding carboxylic acids is 1. The number of nitrogens with zero attached hydrogens (tertiary/aromatic N) is 6. The van der Waals surface area contributed by atoms with Crippen LogP contribution in [0.3, 0.4) is 0 Å². The highest BCUT2D eigenvalue weighted by molar-refractivity contribution is 6.02. The molecule has 0 saturated carbocycles. The van der Waals surface area contributed by atoms with Crippen LogP contribution in [0.15, 0.2) is 68.0 Å². The third kappa shape index (κ3) is 7.59. The number of halogens is 2. The predicted octanol–water partition coefficient (Wildman–Crippen LogP) is 5.29. The number of ether oxygens (including phenoxy) is 1. The Kier molecular flexibility index (Phi) is 10.5. The van der Waals surface area contributed by atoms with Crippen molar-refractivity contribution in [1.29, 1.82) is 0 Å². The number of hydrogen-bond donors (Lipinski definition) is 2. The SMILES string of the molecule is C=CCN1CCN(C2CCN(c3cc(OC)c(Nc4cc(N5OCC[C@@H]5c5cc(F)cc(F)c5)ncn4)cc3NC(=O)C=C)CC2)CC1. The van der Waals surface area contributed by atoms with Gasteiger partial charge in [0.05, 0.1) is 36.8 Å². The average molecular weight is 661 g/mol. The number of hydroxylamine groups is 1. The molecule has 6 rings (SSSR count). The second kappa shape index (κ2) is 15.1. The molecule has 3 fully saturated rings. The molecule has 0 spiro atoms. The molecule has 0 aliphatic carbocycles. The van der Waals surface area contributed by atoms with Crippen molar-refractivity contribution in [3.8, 4) is 5.75 Å². The second-order valence-corrected chi connectivity index (χ2v) is 12.2. The van der Waals surface area contributed by atoms with Gasteiger partial charge in [-0.1, -0.05) is 12.7 Å². The first-order valence-electron chi connectivity index (χ1n) is 16.3. The summed E-state index contributed by atoms with van der Waals surface area (Å²) in [5, 5.41) is 7.81. The van der Waals surface area contributed by atoms with Crippen LogP contribution in [-0.4, -0.2) is 91.2 Å². The van der Waals surface area contributed by atoms with Gasteiger partial charge in [-0.15, -0.1) is 6.58 Å². The first kappa shape index (κ1) is 33.3. The highest BCUT2D eigenvalue weighted by atomic mass is 19.1. The Labute approximate surface area is 279 Å². The van der Waals surface area contributed by atoms with E-state index in [0.717, 1.165) is 70.4 Å². The van der Waals surface area contributed by atoms with Crippen molar-refractivity contribution in [2.75, 3.05) is 80.1 Å². The summed E-state index contributed by atoms with van der Waals surface area (Å²) in [6, 6.07) is 8.97. The van der Waals surface area contributed by atoms with Gasteiger partial charge in [-0.25, -0.2) is 23.8 Å². The summed E-state index contributed by atoms with van der Waals surface area (Å²) in [6.45, 7) is 14.7. The van der Waals surface area contributed by atoms with Gasteiger partial charge in [-0.2, -0.15) is 0 Å². The minimum Gasteiger partial charge on any atom is -0.494 e. The molecule has 1 atom stereocenters. The van der Waals surface area contributed by atoms with Crippen molar-refractivity contribution < 1.29 is 23.1 Å². The van der Waals surface area contributed by atoms with E-state index in [1.165, 1.54) is 24.5 Å². The third-order valence-corrected chi connectivity index (χ3v) is 9.19. The minimum absolute atomic E-state index is 0.324. The van der Waals surface area contributed by atoms with E-state index in [1.807, 2.05) is 18.2 Å². The van der Waals surface area contributed by atoms with E-state index >= 15 is 0 Å². The zero-order valence-electron chi connectivity index (χ0n) is 27.2. The smallest absolute Gasteiger partial charge is 0.247 e. The van der Waals surface area contributed by atoms with Crippen molar-refractivity contribution in [3.63, 3.8) is 0 Å². The standard InChI is InChI=1S/C35H42F2N8O3/c1-4-9-42-12-14-43(15-13-42)27-6-10-44(11-7-27)31-21-32(47-3)29(20-28(31)41-35(46)5-2)40-33-22-34(39-23-38-33)45-30(8-16-48-45)24-17-25(36)19-26(37)18-24/h4-5,17-23,27,30H,1-2,6-16H2,3H3,(H,41,46)(H,38,39,40)/t30-/m1/s1. The molecule has 3 aromatic rings. The summed E-state index contributed by atoms with van der Waals surface area (Å²) in [5.41, 5.74) is 2.50. The topological polar surface area (TPSA) is 98.3 Å². The molecule has 11 nitrogen and oxygen atoms in total. The van der Waals surface area contributed by atoms with E-state index in [1.54, 1.807) is 18.2 Å². The summed E-state index contributed by atoms with van der Waals surface area (Å²) < 4.78 is 33.8. The summed E-state index contributed by atoms with van der Waals surface area (Å²) in [5.74, 6) is -0.220. The lowest BCUT2D eigenvalue weighted by molar-refractivity contribution is -0.111. The third-order valence-electron chi connectivity index (χ3n) is 9.19. The van der Waals surface area contributed by atoms with Gasteiger partial charge in [0.25, 0.3) is 0 Å². The Morgan fingerprint density at radius 3 is 2.42 bits per heavy atom. The van der Waals surface area contributed by atoms with Gasteiger partial charge in [0.2, 0.25) is 5.91 Å². The van der Waals surface area contributed by atoms with E-state index in [4.69, 9.17) is 9.57 Å². The van der Waals surface area contributed by atoms with Crippen LogP contribution in [-0.2, 0) is 9.63 Å². The predicted molar refractivity (Wildman–Crippen MR) is 183 cm³/mol. The van der Waals surface area contributed by atoms with Crippen LogP contribution >= 0.6 is 0 Å². The van der Waals surface area contributed by atoms with Gasteiger partial charge in [0.15, 0.2) is 5.82 Å². The molecule has 0 unspecified atom stereocenters. The maximum absolute atomic E-state index is 14.0. The quantitative estimate of drug-likeness (QED) is 0.209. The summed E-state index contributed by atoms with van der Waals surface area (Å²) in [6.07, 6.45) is 7.16. The highest BCUT2D eigenvalue weighted by Crippen LogP contribution is 2.40. The molecular weight excluding hydrogens is 618 g/mol. The molecule has 1 aromatic heterocycles. The monoisotopic (exact) mass is 660 g/mol. The number of benzene rings is 2. The van der Waals surface area contributed by atoms with Crippen molar-refractivity contribution in [1.82, 2.24) is 19.8 Å². The van der Waals surface area contributed by atoms with E-state index in [0.29, 0.717) is 53.4 Å². The Bertz CT molecular complexity index is 1610. The van der Waals surface area contributed by atoms with Gasteiger partial charge in [0.1, 0.15) is 29.5 Å². The number of carbonyl (C=O) groups is 1. The van der Waals surface area contributed by atoms with Gasteiger partial charge in [-0.05, 0) is 42.7 Å². The molecule has 3 aliphatic heterocycles. The lowest BCUT2D eigenvalue weighted by Gasteiger charge is -2.43. The van der Waals surface area contributed by atoms with Crippen LogP contribution in [0.1, 0.15) is 30.9 Å². The van der Waals surface area contributed by atoms with Crippen LogP contribution in [0.5, 0.6) is 5.75 Å². The normalized spacial score (nSPS) is 19.3. The van der Waals surface area contributed by atoms with Gasteiger partial charge in [-0.3, -0.25) is 19.4 Å². The van der Waals surface area contributed by atoms with E-state index < -0.39 is 17.7 Å². The summed E-state index contributed by atoms with van der Waals surface area (Å²) in [7, 11) is 1.59. The average Bonchev–Trinajstić information content (AvgIpc) is 3.59. The van der Waals surface area contributed by atoms with Crippen molar-refractivity contribution in [3.05, 3.63) is 85.2 Å². The summed E-state index contributed by atoms with van der Waals surface area (Å²) in [4.78, 5) is 34.5. The van der Waals surface area contributed by atoms with Crippen molar-refractivity contribution >= 4 is 34.6 Å². The highest BCUT2D eigenvalue weighted by Gasteiger charge is 2.31. The molecule has 48 heavy (non-hydrogen) atoms. The number of methoxy groups -OCH3 is 1. The van der Waals surface area contributed by atoms with E-state index in [-0.39, 0.29) is 5.91 Å². The lowest BCUT2D eigenvalue weighted by atomic mass is 10.0. The van der Waals surface area contributed by atoms with E-state index in [2.05, 4.69) is 48.5 Å². The first-order chi connectivity index (χ1) is 23.3. The Morgan fingerprint density at radius 2 is 1.73 bits per heavy atom. The fourth-order valence-electron chi connectivity index (χ4n) is 6.79. The number of piperazine rings is 1. The fraction of sp³-hybridized carbons (Fsp3) is 0.400. The number of amides is 1. The van der Waals surface area contributed by atoms with Crippen molar-refractivity contribution in [2.24, 2.45) is 0 Å². The molecule has 3 aliphatic rings. The first-order valence-corrected chi connectivity index (χ1v) is 16.3. The van der Waals surface area contributed by atoms with Gasteiger partial charge < -0.3 is 20.3 Å². The maximum Gasteiger partial charge on any atom is 0.247 e. The van der Waals surface area contributed by atoms with Crippen LogP contribution in [0, 0.1) is 11.6 Å². The number of piperidine rings is 1. The van der Waals surface area contributed by atoms with Crippen LogP contribution in [0.25, 0.3) is 0 Å². The Morgan fingerprint density at radius 1 is 0.979 bits per heavy atom. The number of anilines is 5. The maximum atomic E-state index is 14.0. The number of nitrogens with one attached hydrogen (secondary N) is 2. The van der Waals surface area contributed by atoms with Crippen LogP contribution in [0.4, 0.5) is 37.5 Å². The lowest BCUT2D eigenvalue weighted by Crippen LogP contribution is -2.53. The Balaban J connectivity index is 1.20. The summed E-state index contributed by atoms with van der Waals surface area (Å²) >= 11 is 0. The molecule has 4 heterocycles. The molecule has 2 N–H and O–H groups in total. The molecule has 2 aromatic carbocycles. The van der Waals surface area contributed by atoms with Gasteiger partial charge >= 0.3 is 0 Å². The molecule has 0 radical (unpaired) electrons. The van der Waals surface area contributed by atoms with Gasteiger partial charge in [0, 0.05) is 76.5 Å². The van der Waals surface area contributed by atoms with Crippen LogP contribution in [0.2, 0.25) is 0 Å². The number of rotatable bonds is 11. The largest absolute Gasteiger partial charge is 0.494 e. The number of hydrogen-bond acceptors (Lipinski definition) is 10. The molecule has 1 amide bonds. The van der Waals surface area contributed by atoms with Crippen LogP contribution < -0.4 is 25.3 Å². The molecular formula is C35H42F2N8O3. The second-order valence-electron chi connectivity index (χ2n) is 12.2. The number of aromatic nitrogens is 2. The van der Waals surface area contributed by atoms with Crippen molar-refractivity contribution in [2.45, 2.75) is 31.3 Å². The Hall–Kier alpha value is -4.59.